The molecular weight excluding hydrogens is 274 g/mol. The summed E-state index contributed by atoms with van der Waals surface area (Å²) in [5.41, 5.74) is 4.96. The Hall–Kier alpha value is -2.49. The van der Waals surface area contributed by atoms with Crippen molar-refractivity contribution in [1.82, 2.24) is 0 Å². The maximum absolute atomic E-state index is 12.1. The lowest BCUT2D eigenvalue weighted by molar-refractivity contribution is 0.262. The Balaban J connectivity index is 2.05. The quantitative estimate of drug-likeness (QED) is 0.885. The minimum Gasteiger partial charge on any atom is -0.378 e. The first-order valence-corrected chi connectivity index (χ1v) is 7.44. The van der Waals surface area contributed by atoms with Gasteiger partial charge in [0.2, 0.25) is 0 Å². The summed E-state index contributed by atoms with van der Waals surface area (Å²) in [4.78, 5) is 14.2. The molecule has 0 aromatic heterocycles. The molecular formula is C18H23N3O. The second-order valence-corrected chi connectivity index (χ2v) is 5.53. The van der Waals surface area contributed by atoms with Crippen LogP contribution in [0.15, 0.2) is 42.5 Å². The van der Waals surface area contributed by atoms with Crippen molar-refractivity contribution in [1.29, 1.82) is 0 Å². The van der Waals surface area contributed by atoms with Crippen LogP contribution < -0.4 is 15.5 Å². The normalized spacial score (nSPS) is 10.2. The molecule has 116 valence electrons. The molecule has 2 aromatic rings. The second kappa shape index (κ2) is 6.98. The zero-order valence-electron chi connectivity index (χ0n) is 13.6. The Labute approximate surface area is 132 Å². The smallest absolute Gasteiger partial charge is 0.323 e. The summed E-state index contributed by atoms with van der Waals surface area (Å²) in [6, 6.07) is 13.6. The molecule has 2 aromatic carbocycles. The standard InChI is InChI=1S/C18H23N3O/c1-5-14-7-6-8-15(12-14)19-18(22)20-17-10-9-16(21(3)4)11-13(17)2/h6-12H,5H2,1-4H3,(H2,19,20,22). The number of nitrogens with one attached hydrogen (secondary N) is 2. The molecule has 0 unspecified atom stereocenters. The van der Waals surface area contributed by atoms with E-state index in [0.29, 0.717) is 0 Å². The van der Waals surface area contributed by atoms with Gasteiger partial charge in [0.25, 0.3) is 0 Å². The molecule has 0 aliphatic carbocycles. The number of nitrogens with zero attached hydrogens (tertiary/aromatic N) is 1. The minimum absolute atomic E-state index is 0.228. The van der Waals surface area contributed by atoms with Crippen molar-refractivity contribution in [3.05, 3.63) is 53.6 Å². The topological polar surface area (TPSA) is 44.4 Å². The Morgan fingerprint density at radius 1 is 1.09 bits per heavy atom. The Morgan fingerprint density at radius 2 is 1.86 bits per heavy atom. The fraction of sp³-hybridized carbons (Fsp3) is 0.278. The number of rotatable bonds is 4. The summed E-state index contributed by atoms with van der Waals surface area (Å²) in [5, 5.41) is 5.76. The fourth-order valence-corrected chi connectivity index (χ4v) is 2.22. The molecule has 0 heterocycles. The SMILES string of the molecule is CCc1cccc(NC(=O)Nc2ccc(N(C)C)cc2C)c1. The number of urea groups is 1. The monoisotopic (exact) mass is 297 g/mol. The van der Waals surface area contributed by atoms with Gasteiger partial charge in [-0.3, -0.25) is 0 Å². The van der Waals surface area contributed by atoms with Gasteiger partial charge in [-0.1, -0.05) is 19.1 Å². The van der Waals surface area contributed by atoms with Crippen LogP contribution in [0.5, 0.6) is 0 Å². The number of carbonyl (C=O) groups is 1. The van der Waals surface area contributed by atoms with Gasteiger partial charge in [0.05, 0.1) is 0 Å². The first kappa shape index (κ1) is 15.9. The van der Waals surface area contributed by atoms with E-state index in [1.165, 1.54) is 5.56 Å². The Kier molecular flexibility index (Phi) is 5.04. The molecule has 0 bridgehead atoms. The van der Waals surface area contributed by atoms with E-state index in [2.05, 4.69) is 17.6 Å². The van der Waals surface area contributed by atoms with Crippen molar-refractivity contribution in [3.8, 4) is 0 Å². The zero-order chi connectivity index (χ0) is 16.1. The minimum atomic E-state index is -0.228. The average Bonchev–Trinajstić information content (AvgIpc) is 2.49. The third-order valence-corrected chi connectivity index (χ3v) is 3.57. The van der Waals surface area contributed by atoms with Gasteiger partial charge in [0, 0.05) is 31.2 Å². The van der Waals surface area contributed by atoms with Gasteiger partial charge in [-0.2, -0.15) is 0 Å². The van der Waals surface area contributed by atoms with Gasteiger partial charge in [-0.25, -0.2) is 4.79 Å². The van der Waals surface area contributed by atoms with E-state index in [9.17, 15) is 4.79 Å². The largest absolute Gasteiger partial charge is 0.378 e. The summed E-state index contributed by atoms with van der Waals surface area (Å²) in [6.45, 7) is 4.08. The number of hydrogen-bond donors (Lipinski definition) is 2. The predicted octanol–water partition coefficient (Wildman–Crippen LogP) is 4.27. The van der Waals surface area contributed by atoms with Gasteiger partial charge in [-0.05, 0) is 54.8 Å². The highest BCUT2D eigenvalue weighted by atomic mass is 16.2. The first-order valence-electron chi connectivity index (χ1n) is 7.44. The van der Waals surface area contributed by atoms with Gasteiger partial charge in [-0.15, -0.1) is 0 Å². The van der Waals surface area contributed by atoms with E-state index in [1.807, 2.05) is 68.4 Å². The van der Waals surface area contributed by atoms with Gasteiger partial charge < -0.3 is 15.5 Å². The van der Waals surface area contributed by atoms with Crippen LogP contribution in [0.1, 0.15) is 18.1 Å². The van der Waals surface area contributed by atoms with Crippen LogP contribution in [0, 0.1) is 6.92 Å². The Morgan fingerprint density at radius 3 is 2.50 bits per heavy atom. The number of carbonyl (C=O) groups excluding carboxylic acids is 1. The maximum Gasteiger partial charge on any atom is 0.323 e. The van der Waals surface area contributed by atoms with Crippen molar-refractivity contribution in [2.75, 3.05) is 29.6 Å². The van der Waals surface area contributed by atoms with E-state index >= 15 is 0 Å². The number of aryl methyl sites for hydroxylation is 2. The fourth-order valence-electron chi connectivity index (χ4n) is 2.22. The average molecular weight is 297 g/mol. The summed E-state index contributed by atoms with van der Waals surface area (Å²) in [6.07, 6.45) is 0.947. The lowest BCUT2D eigenvalue weighted by atomic mass is 10.1. The van der Waals surface area contributed by atoms with Crippen LogP contribution in [0.2, 0.25) is 0 Å². The third-order valence-electron chi connectivity index (χ3n) is 3.57. The van der Waals surface area contributed by atoms with Crippen LogP contribution in [-0.2, 0) is 6.42 Å². The van der Waals surface area contributed by atoms with E-state index in [4.69, 9.17) is 0 Å². The summed E-state index contributed by atoms with van der Waals surface area (Å²) < 4.78 is 0. The van der Waals surface area contributed by atoms with Gasteiger partial charge in [0.1, 0.15) is 0 Å². The molecule has 0 radical (unpaired) electrons. The van der Waals surface area contributed by atoms with Gasteiger partial charge >= 0.3 is 6.03 Å². The maximum atomic E-state index is 12.1. The summed E-state index contributed by atoms with van der Waals surface area (Å²) in [5.74, 6) is 0. The molecule has 0 fully saturated rings. The Bertz CT molecular complexity index is 665. The third kappa shape index (κ3) is 4.01. The number of hydrogen-bond acceptors (Lipinski definition) is 2. The predicted molar refractivity (Wildman–Crippen MR) is 94.0 cm³/mol. The molecule has 0 aliphatic heterocycles. The van der Waals surface area contributed by atoms with Crippen LogP contribution in [0.25, 0.3) is 0 Å². The van der Waals surface area contributed by atoms with E-state index < -0.39 is 0 Å². The molecule has 0 spiro atoms. The van der Waals surface area contributed by atoms with Crippen LogP contribution in [0.3, 0.4) is 0 Å². The molecule has 22 heavy (non-hydrogen) atoms. The van der Waals surface area contributed by atoms with Crippen LogP contribution in [0.4, 0.5) is 21.9 Å². The molecule has 0 saturated heterocycles. The molecule has 4 nitrogen and oxygen atoms in total. The lowest BCUT2D eigenvalue weighted by Gasteiger charge is -2.16. The van der Waals surface area contributed by atoms with Crippen LogP contribution in [-0.4, -0.2) is 20.1 Å². The van der Waals surface area contributed by atoms with Crippen molar-refractivity contribution in [3.63, 3.8) is 0 Å². The molecule has 0 atom stereocenters. The van der Waals surface area contributed by atoms with E-state index in [-0.39, 0.29) is 6.03 Å². The van der Waals surface area contributed by atoms with Gasteiger partial charge in [0.15, 0.2) is 0 Å². The highest BCUT2D eigenvalue weighted by Gasteiger charge is 2.06. The number of benzene rings is 2. The highest BCUT2D eigenvalue weighted by molar-refractivity contribution is 6.00. The van der Waals surface area contributed by atoms with Crippen molar-refractivity contribution < 1.29 is 4.79 Å². The van der Waals surface area contributed by atoms with Crippen molar-refractivity contribution in [2.24, 2.45) is 0 Å². The second-order valence-electron chi connectivity index (χ2n) is 5.53. The molecule has 4 heteroatoms. The molecule has 2 N–H and O–H groups in total. The first-order chi connectivity index (χ1) is 10.5. The molecule has 0 saturated carbocycles. The summed E-state index contributed by atoms with van der Waals surface area (Å²) >= 11 is 0. The van der Waals surface area contributed by atoms with Crippen molar-refractivity contribution >= 4 is 23.1 Å². The van der Waals surface area contributed by atoms with Crippen molar-refractivity contribution in [2.45, 2.75) is 20.3 Å². The lowest BCUT2D eigenvalue weighted by Crippen LogP contribution is -2.20. The molecule has 2 rings (SSSR count). The molecule has 2 amide bonds. The molecule has 0 aliphatic rings. The summed E-state index contributed by atoms with van der Waals surface area (Å²) in [7, 11) is 3.99. The van der Waals surface area contributed by atoms with Crippen LogP contribution >= 0.6 is 0 Å². The van der Waals surface area contributed by atoms with E-state index in [1.54, 1.807) is 0 Å². The number of amides is 2. The highest BCUT2D eigenvalue weighted by Crippen LogP contribution is 2.21. The zero-order valence-corrected chi connectivity index (χ0v) is 13.6. The number of anilines is 3. The van der Waals surface area contributed by atoms with E-state index in [0.717, 1.165) is 29.0 Å².